The lowest BCUT2D eigenvalue weighted by Crippen LogP contribution is -2.35. The van der Waals surface area contributed by atoms with Crippen LogP contribution in [-0.2, 0) is 4.79 Å². The second-order valence-electron chi connectivity index (χ2n) is 6.33. The van der Waals surface area contributed by atoms with Crippen LogP contribution in [0.5, 0.6) is 0 Å². The Bertz CT molecular complexity index is 478. The lowest BCUT2D eigenvalue weighted by molar-refractivity contribution is -0.122. The molecule has 1 heterocycles. The Labute approximate surface area is 128 Å². The Balaban J connectivity index is 1.81. The van der Waals surface area contributed by atoms with Crippen molar-refractivity contribution in [3.63, 3.8) is 0 Å². The molecule has 1 aromatic carbocycles. The average Bonchev–Trinajstić information content (AvgIpc) is 2.46. The fourth-order valence-electron chi connectivity index (χ4n) is 3.18. The minimum absolute atomic E-state index is 0.0809. The Kier molecular flexibility index (Phi) is 5.80. The number of rotatable bonds is 5. The van der Waals surface area contributed by atoms with Crippen molar-refractivity contribution in [2.24, 2.45) is 0 Å². The number of piperidine rings is 1. The van der Waals surface area contributed by atoms with Gasteiger partial charge in [-0.25, -0.2) is 0 Å². The summed E-state index contributed by atoms with van der Waals surface area (Å²) in [5.74, 6) is 0.162. The molecule has 2 N–H and O–H groups in total. The first kappa shape index (κ1) is 16.0. The smallest absolute Gasteiger partial charge is 0.220 e. The first-order valence-electron chi connectivity index (χ1n) is 8.16. The summed E-state index contributed by atoms with van der Waals surface area (Å²) < 4.78 is 0. The zero-order valence-electron chi connectivity index (χ0n) is 13.5. The van der Waals surface area contributed by atoms with Gasteiger partial charge in [-0.05, 0) is 57.7 Å². The molecule has 2 unspecified atom stereocenters. The maximum absolute atomic E-state index is 12.1. The van der Waals surface area contributed by atoms with E-state index in [4.69, 9.17) is 0 Å². The Morgan fingerprint density at radius 1 is 1.38 bits per heavy atom. The van der Waals surface area contributed by atoms with Crippen LogP contribution in [-0.4, -0.2) is 18.5 Å². The lowest BCUT2D eigenvalue weighted by atomic mass is 9.99. The van der Waals surface area contributed by atoms with Gasteiger partial charge in [-0.15, -0.1) is 0 Å². The highest BCUT2D eigenvalue weighted by Gasteiger charge is 2.16. The van der Waals surface area contributed by atoms with E-state index in [-0.39, 0.29) is 11.9 Å². The Morgan fingerprint density at radius 3 is 2.86 bits per heavy atom. The van der Waals surface area contributed by atoms with Gasteiger partial charge in [0, 0.05) is 12.5 Å². The molecule has 0 aromatic heterocycles. The van der Waals surface area contributed by atoms with Crippen molar-refractivity contribution in [3.05, 3.63) is 34.9 Å². The molecule has 1 aliphatic rings. The molecular formula is C18H28N2O. The number of carbonyl (C=O) groups excluding carboxylic acids is 1. The summed E-state index contributed by atoms with van der Waals surface area (Å²) in [6, 6.07) is 7.01. The SMILES string of the molecule is Cc1ccc(C(C)NC(=O)CCC2CCCCN2)c(C)c1. The molecule has 2 rings (SSSR count). The molecule has 1 aliphatic heterocycles. The highest BCUT2D eigenvalue weighted by molar-refractivity contribution is 5.76. The summed E-state index contributed by atoms with van der Waals surface area (Å²) in [5.41, 5.74) is 3.72. The van der Waals surface area contributed by atoms with E-state index in [0.29, 0.717) is 12.5 Å². The average molecular weight is 288 g/mol. The summed E-state index contributed by atoms with van der Waals surface area (Å²) in [6.45, 7) is 7.37. The molecule has 0 spiro atoms. The van der Waals surface area contributed by atoms with Gasteiger partial charge in [-0.2, -0.15) is 0 Å². The second kappa shape index (κ2) is 7.60. The molecule has 0 saturated carbocycles. The van der Waals surface area contributed by atoms with E-state index < -0.39 is 0 Å². The highest BCUT2D eigenvalue weighted by Crippen LogP contribution is 2.19. The fourth-order valence-corrected chi connectivity index (χ4v) is 3.18. The predicted molar refractivity (Wildman–Crippen MR) is 87.3 cm³/mol. The molecule has 1 fully saturated rings. The van der Waals surface area contributed by atoms with Crippen LogP contribution in [0.4, 0.5) is 0 Å². The van der Waals surface area contributed by atoms with Crippen LogP contribution in [0.25, 0.3) is 0 Å². The van der Waals surface area contributed by atoms with Gasteiger partial charge in [-0.3, -0.25) is 4.79 Å². The molecule has 2 atom stereocenters. The molecule has 1 amide bonds. The van der Waals surface area contributed by atoms with Crippen molar-refractivity contribution >= 4 is 5.91 Å². The Hall–Kier alpha value is -1.35. The van der Waals surface area contributed by atoms with E-state index in [9.17, 15) is 4.79 Å². The number of hydrogen-bond donors (Lipinski definition) is 2. The molecule has 116 valence electrons. The van der Waals surface area contributed by atoms with Crippen molar-refractivity contribution in [1.82, 2.24) is 10.6 Å². The lowest BCUT2D eigenvalue weighted by Gasteiger charge is -2.23. The van der Waals surface area contributed by atoms with Crippen LogP contribution in [0.2, 0.25) is 0 Å². The maximum Gasteiger partial charge on any atom is 0.220 e. The van der Waals surface area contributed by atoms with E-state index >= 15 is 0 Å². The quantitative estimate of drug-likeness (QED) is 0.872. The zero-order chi connectivity index (χ0) is 15.2. The van der Waals surface area contributed by atoms with Crippen LogP contribution in [0, 0.1) is 13.8 Å². The fraction of sp³-hybridized carbons (Fsp3) is 0.611. The second-order valence-corrected chi connectivity index (χ2v) is 6.33. The Morgan fingerprint density at radius 2 is 2.19 bits per heavy atom. The third kappa shape index (κ3) is 4.85. The number of carbonyl (C=O) groups is 1. The van der Waals surface area contributed by atoms with Crippen molar-refractivity contribution in [1.29, 1.82) is 0 Å². The van der Waals surface area contributed by atoms with Crippen LogP contribution in [0.1, 0.15) is 61.8 Å². The predicted octanol–water partition coefficient (Wildman–Crippen LogP) is 3.40. The zero-order valence-corrected chi connectivity index (χ0v) is 13.5. The van der Waals surface area contributed by atoms with Crippen molar-refractivity contribution in [3.8, 4) is 0 Å². The first-order chi connectivity index (χ1) is 10.1. The first-order valence-corrected chi connectivity index (χ1v) is 8.16. The third-order valence-corrected chi connectivity index (χ3v) is 4.40. The van der Waals surface area contributed by atoms with Gasteiger partial charge in [0.2, 0.25) is 5.91 Å². The standard InChI is InChI=1S/C18H28N2O/c1-13-7-9-17(14(2)12-13)15(3)20-18(21)10-8-16-6-4-5-11-19-16/h7,9,12,15-16,19H,4-6,8,10-11H2,1-3H3,(H,20,21). The van der Waals surface area contributed by atoms with Crippen LogP contribution < -0.4 is 10.6 Å². The van der Waals surface area contributed by atoms with Gasteiger partial charge in [0.15, 0.2) is 0 Å². The molecule has 0 aliphatic carbocycles. The number of nitrogens with one attached hydrogen (secondary N) is 2. The number of amides is 1. The van der Waals surface area contributed by atoms with E-state index in [0.717, 1.165) is 13.0 Å². The number of hydrogen-bond acceptors (Lipinski definition) is 2. The molecule has 3 nitrogen and oxygen atoms in total. The molecule has 0 bridgehead atoms. The van der Waals surface area contributed by atoms with Gasteiger partial charge in [0.1, 0.15) is 0 Å². The molecule has 0 radical (unpaired) electrons. The van der Waals surface area contributed by atoms with E-state index in [1.54, 1.807) is 0 Å². The molecule has 3 heteroatoms. The van der Waals surface area contributed by atoms with E-state index in [1.807, 2.05) is 0 Å². The van der Waals surface area contributed by atoms with Crippen LogP contribution in [0.3, 0.4) is 0 Å². The summed E-state index contributed by atoms with van der Waals surface area (Å²) in [4.78, 5) is 12.1. The highest BCUT2D eigenvalue weighted by atomic mass is 16.1. The summed E-state index contributed by atoms with van der Waals surface area (Å²) in [7, 11) is 0. The number of aryl methyl sites for hydroxylation is 2. The van der Waals surface area contributed by atoms with Gasteiger partial charge in [-0.1, -0.05) is 30.2 Å². The van der Waals surface area contributed by atoms with Crippen molar-refractivity contribution in [2.75, 3.05) is 6.54 Å². The van der Waals surface area contributed by atoms with E-state index in [2.05, 4.69) is 49.6 Å². The third-order valence-electron chi connectivity index (χ3n) is 4.40. The van der Waals surface area contributed by atoms with Gasteiger partial charge < -0.3 is 10.6 Å². The summed E-state index contributed by atoms with van der Waals surface area (Å²) in [5, 5.41) is 6.62. The maximum atomic E-state index is 12.1. The molecule has 21 heavy (non-hydrogen) atoms. The monoisotopic (exact) mass is 288 g/mol. The van der Waals surface area contributed by atoms with Crippen molar-refractivity contribution in [2.45, 2.75) is 65.0 Å². The molecular weight excluding hydrogens is 260 g/mol. The van der Waals surface area contributed by atoms with Crippen molar-refractivity contribution < 1.29 is 4.79 Å². The van der Waals surface area contributed by atoms with Crippen LogP contribution in [0.15, 0.2) is 18.2 Å². The minimum atomic E-state index is 0.0809. The normalized spacial score (nSPS) is 20.0. The van der Waals surface area contributed by atoms with Gasteiger partial charge >= 0.3 is 0 Å². The topological polar surface area (TPSA) is 41.1 Å². The number of benzene rings is 1. The van der Waals surface area contributed by atoms with Gasteiger partial charge in [0.05, 0.1) is 6.04 Å². The minimum Gasteiger partial charge on any atom is -0.350 e. The van der Waals surface area contributed by atoms with E-state index in [1.165, 1.54) is 36.0 Å². The molecule has 1 aromatic rings. The van der Waals surface area contributed by atoms with Gasteiger partial charge in [0.25, 0.3) is 0 Å². The van der Waals surface area contributed by atoms with Crippen LogP contribution >= 0.6 is 0 Å². The molecule has 1 saturated heterocycles. The summed E-state index contributed by atoms with van der Waals surface area (Å²) >= 11 is 0. The summed E-state index contributed by atoms with van der Waals surface area (Å²) in [6.07, 6.45) is 5.34. The largest absolute Gasteiger partial charge is 0.350 e.